The minimum atomic E-state index is -0.254. The fraction of sp³-hybridized carbons (Fsp3) is 0.345. The summed E-state index contributed by atoms with van der Waals surface area (Å²) < 4.78 is 1.75. The summed E-state index contributed by atoms with van der Waals surface area (Å²) in [6, 6.07) is 12.9. The van der Waals surface area contributed by atoms with Crippen molar-refractivity contribution in [2.75, 3.05) is 55.9 Å². The number of aliphatic hydroxyl groups excluding tert-OH is 1. The number of pyridine rings is 1. The zero-order valence-electron chi connectivity index (χ0n) is 23.8. The van der Waals surface area contributed by atoms with Crippen LogP contribution < -0.4 is 16.1 Å². The summed E-state index contributed by atoms with van der Waals surface area (Å²) in [5.74, 6) is 1.65. The lowest BCUT2D eigenvalue weighted by Gasteiger charge is -2.32. The van der Waals surface area contributed by atoms with Crippen molar-refractivity contribution in [3.05, 3.63) is 77.5 Å². The summed E-state index contributed by atoms with van der Waals surface area (Å²) in [6.45, 7) is 9.53. The molecule has 0 bridgehead atoms. The van der Waals surface area contributed by atoms with Crippen LogP contribution in [0, 0.1) is 13.8 Å². The molecule has 5 rings (SSSR count). The minimum Gasteiger partial charge on any atom is -0.396 e. The van der Waals surface area contributed by atoms with Gasteiger partial charge in [-0.2, -0.15) is 9.78 Å². The number of aromatic nitrogens is 5. The molecule has 1 aromatic carbocycles. The molecule has 0 aliphatic carbocycles. The van der Waals surface area contributed by atoms with Gasteiger partial charge in [-0.25, -0.2) is 15.0 Å². The Morgan fingerprint density at radius 3 is 2.61 bits per heavy atom. The van der Waals surface area contributed by atoms with E-state index in [-0.39, 0.29) is 18.4 Å². The zero-order chi connectivity index (χ0) is 28.9. The Balaban J connectivity index is 1.33. The molecule has 0 spiro atoms. The van der Waals surface area contributed by atoms with Gasteiger partial charge in [-0.05, 0) is 50.7 Å². The van der Waals surface area contributed by atoms with E-state index >= 15 is 0 Å². The van der Waals surface area contributed by atoms with Crippen molar-refractivity contribution in [1.29, 1.82) is 0 Å². The van der Waals surface area contributed by atoms with Crippen molar-refractivity contribution in [2.45, 2.75) is 26.7 Å². The van der Waals surface area contributed by atoms with Crippen molar-refractivity contribution in [3.63, 3.8) is 0 Å². The Kier molecular flexibility index (Phi) is 8.53. The molecule has 1 aliphatic heterocycles. The average Bonchev–Trinajstić information content (AvgIpc) is 3.35. The standard InChI is InChI=1S/C29H36N10O2/c1-19-5-6-23(33-29(41)22-7-8-30-24(14-22)20(2)17-40)15-25(19)34-28-13-21(3)35-39(28)27-16-26(31-18-32-27)36-38-11-9-37(4)10-12-38/h5-8,13-16,18,20,34,40H,9-12,17H2,1-4H3,(H,33,41)(H,31,32,36). The smallest absolute Gasteiger partial charge is 0.255 e. The van der Waals surface area contributed by atoms with E-state index in [0.717, 1.165) is 48.9 Å². The number of amides is 1. The molecule has 41 heavy (non-hydrogen) atoms. The lowest BCUT2D eigenvalue weighted by Crippen LogP contribution is -2.47. The lowest BCUT2D eigenvalue weighted by molar-refractivity contribution is 0.102. The maximum atomic E-state index is 13.0. The van der Waals surface area contributed by atoms with Gasteiger partial charge in [0.2, 0.25) is 0 Å². The maximum absolute atomic E-state index is 13.0. The third kappa shape index (κ3) is 6.85. The van der Waals surface area contributed by atoms with Crippen LogP contribution in [0.25, 0.3) is 5.82 Å². The number of hydrogen-bond donors (Lipinski definition) is 4. The second-order valence-electron chi connectivity index (χ2n) is 10.4. The number of hydrogen-bond acceptors (Lipinski definition) is 10. The molecule has 1 atom stereocenters. The van der Waals surface area contributed by atoms with E-state index in [1.165, 1.54) is 6.33 Å². The third-order valence-corrected chi connectivity index (χ3v) is 7.06. The Morgan fingerprint density at radius 2 is 1.83 bits per heavy atom. The van der Waals surface area contributed by atoms with Crippen LogP contribution in [0.5, 0.6) is 0 Å². The number of aliphatic hydroxyl groups is 1. The van der Waals surface area contributed by atoms with E-state index in [1.807, 2.05) is 51.1 Å². The average molecular weight is 557 g/mol. The number of benzene rings is 1. The van der Waals surface area contributed by atoms with Gasteiger partial charge in [0.25, 0.3) is 5.91 Å². The first-order valence-corrected chi connectivity index (χ1v) is 13.6. The Labute approximate surface area is 239 Å². The number of nitrogens with zero attached hydrogens (tertiary/aromatic N) is 7. The van der Waals surface area contributed by atoms with Gasteiger partial charge in [-0.1, -0.05) is 13.0 Å². The van der Waals surface area contributed by atoms with Gasteiger partial charge in [0.05, 0.1) is 12.3 Å². The molecule has 3 aromatic heterocycles. The lowest BCUT2D eigenvalue weighted by atomic mass is 10.1. The van der Waals surface area contributed by atoms with E-state index in [0.29, 0.717) is 28.6 Å². The number of aryl methyl sites for hydroxylation is 2. The van der Waals surface area contributed by atoms with Crippen LogP contribution >= 0.6 is 0 Å². The van der Waals surface area contributed by atoms with Crippen molar-refractivity contribution >= 4 is 28.9 Å². The SMILES string of the molecule is Cc1cc(Nc2cc(NC(=O)c3ccnc(C(C)CO)c3)ccc2C)n(-c2cc(NN3CCN(C)CC3)ncn2)n1. The van der Waals surface area contributed by atoms with Crippen LogP contribution in [-0.2, 0) is 0 Å². The van der Waals surface area contributed by atoms with Crippen molar-refractivity contribution in [1.82, 2.24) is 34.6 Å². The van der Waals surface area contributed by atoms with Crippen LogP contribution in [0.3, 0.4) is 0 Å². The molecule has 12 heteroatoms. The summed E-state index contributed by atoms with van der Waals surface area (Å²) in [5.41, 5.74) is 7.81. The number of carbonyl (C=O) groups is 1. The number of hydrazine groups is 1. The molecule has 4 N–H and O–H groups in total. The first kappa shape index (κ1) is 28.1. The van der Waals surface area contributed by atoms with Crippen molar-refractivity contribution < 1.29 is 9.90 Å². The molecule has 1 fully saturated rings. The second-order valence-corrected chi connectivity index (χ2v) is 10.4. The predicted molar refractivity (Wildman–Crippen MR) is 159 cm³/mol. The number of carbonyl (C=O) groups excluding carboxylic acids is 1. The molecule has 1 aliphatic rings. The Morgan fingerprint density at radius 1 is 1.02 bits per heavy atom. The number of piperazine rings is 1. The van der Waals surface area contributed by atoms with Gasteiger partial charge in [0.1, 0.15) is 18.0 Å². The highest BCUT2D eigenvalue weighted by Crippen LogP contribution is 2.27. The molecular formula is C29H36N10O2. The van der Waals surface area contributed by atoms with Crippen molar-refractivity contribution in [2.24, 2.45) is 0 Å². The molecule has 214 valence electrons. The summed E-state index contributed by atoms with van der Waals surface area (Å²) in [7, 11) is 2.12. The van der Waals surface area contributed by atoms with Gasteiger partial charge in [0, 0.05) is 73.1 Å². The number of likely N-dealkylation sites (N-methyl/N-ethyl adjacent to an activating group) is 1. The van der Waals surface area contributed by atoms with Crippen LogP contribution in [-0.4, -0.2) is 85.5 Å². The summed E-state index contributed by atoms with van der Waals surface area (Å²) in [6.07, 6.45) is 3.11. The summed E-state index contributed by atoms with van der Waals surface area (Å²) in [5, 5.41) is 22.7. The molecule has 1 saturated heterocycles. The van der Waals surface area contributed by atoms with E-state index in [1.54, 1.807) is 23.0 Å². The predicted octanol–water partition coefficient (Wildman–Crippen LogP) is 3.34. The van der Waals surface area contributed by atoms with Crippen LogP contribution in [0.4, 0.5) is 23.0 Å². The highest BCUT2D eigenvalue weighted by molar-refractivity contribution is 6.04. The van der Waals surface area contributed by atoms with Crippen LogP contribution in [0.15, 0.2) is 55.0 Å². The first-order valence-electron chi connectivity index (χ1n) is 13.6. The molecule has 0 radical (unpaired) electrons. The maximum Gasteiger partial charge on any atom is 0.255 e. The van der Waals surface area contributed by atoms with E-state index in [4.69, 9.17) is 0 Å². The molecular weight excluding hydrogens is 520 g/mol. The number of nitrogens with one attached hydrogen (secondary N) is 3. The number of rotatable bonds is 9. The van der Waals surface area contributed by atoms with Gasteiger partial charge < -0.3 is 26.1 Å². The minimum absolute atomic E-state index is 0.0375. The molecule has 12 nitrogen and oxygen atoms in total. The molecule has 4 heterocycles. The van der Waals surface area contributed by atoms with E-state index < -0.39 is 0 Å². The highest BCUT2D eigenvalue weighted by atomic mass is 16.3. The Bertz CT molecular complexity index is 1510. The first-order chi connectivity index (χ1) is 19.8. The van der Waals surface area contributed by atoms with Crippen LogP contribution in [0.2, 0.25) is 0 Å². The zero-order valence-corrected chi connectivity index (χ0v) is 23.8. The molecule has 4 aromatic rings. The largest absolute Gasteiger partial charge is 0.396 e. The Hall–Kier alpha value is -4.39. The molecule has 0 saturated carbocycles. The van der Waals surface area contributed by atoms with Crippen LogP contribution in [0.1, 0.15) is 40.2 Å². The quantitative estimate of drug-likeness (QED) is 0.243. The third-order valence-electron chi connectivity index (χ3n) is 7.06. The fourth-order valence-corrected chi connectivity index (χ4v) is 4.50. The summed E-state index contributed by atoms with van der Waals surface area (Å²) in [4.78, 5) is 28.4. The topological polar surface area (TPSA) is 136 Å². The van der Waals surface area contributed by atoms with Gasteiger partial charge in [-0.15, -0.1) is 0 Å². The van der Waals surface area contributed by atoms with Gasteiger partial charge in [-0.3, -0.25) is 9.78 Å². The molecule has 1 amide bonds. The fourth-order valence-electron chi connectivity index (χ4n) is 4.50. The normalized spacial score (nSPS) is 15.0. The van der Waals surface area contributed by atoms with E-state index in [2.05, 4.69) is 53.1 Å². The van der Waals surface area contributed by atoms with Gasteiger partial charge in [0.15, 0.2) is 5.82 Å². The summed E-state index contributed by atoms with van der Waals surface area (Å²) >= 11 is 0. The second kappa shape index (κ2) is 12.4. The number of anilines is 4. The highest BCUT2D eigenvalue weighted by Gasteiger charge is 2.17. The van der Waals surface area contributed by atoms with E-state index in [9.17, 15) is 9.90 Å². The molecule has 1 unspecified atom stereocenters. The van der Waals surface area contributed by atoms with Crippen molar-refractivity contribution in [3.8, 4) is 5.82 Å². The monoisotopic (exact) mass is 556 g/mol. The van der Waals surface area contributed by atoms with Gasteiger partial charge >= 0.3 is 0 Å².